The molecule has 0 amide bonds. The molecule has 1 atom stereocenters. The number of hydrogen-bond donors (Lipinski definition) is 0. The van der Waals surface area contributed by atoms with Crippen molar-refractivity contribution in [3.05, 3.63) is 53.4 Å². The minimum Gasteiger partial charge on any atom is -0.496 e. The number of rotatable bonds is 6. The Kier molecular flexibility index (Phi) is 5.26. The predicted molar refractivity (Wildman–Crippen MR) is 132 cm³/mol. The number of nitriles is 1. The summed E-state index contributed by atoms with van der Waals surface area (Å²) in [6.07, 6.45) is 9.14. The van der Waals surface area contributed by atoms with Crippen LogP contribution in [0.5, 0.6) is 11.5 Å². The van der Waals surface area contributed by atoms with E-state index in [4.69, 9.17) is 24.1 Å². The maximum Gasteiger partial charge on any atom is 0.225 e. The molecule has 4 aromatic heterocycles. The van der Waals surface area contributed by atoms with Crippen LogP contribution in [0.15, 0.2) is 47.4 Å². The summed E-state index contributed by atoms with van der Waals surface area (Å²) in [6.45, 7) is 3.38. The Morgan fingerprint density at radius 2 is 2.09 bits per heavy atom. The first-order valence-electron chi connectivity index (χ1n) is 11.3. The molecule has 1 aliphatic rings. The summed E-state index contributed by atoms with van der Waals surface area (Å²) in [7, 11) is 1.63. The number of fused-ring (bicyclic) bond motifs is 2. The van der Waals surface area contributed by atoms with Gasteiger partial charge < -0.3 is 18.8 Å². The second kappa shape index (κ2) is 8.60. The highest BCUT2D eigenvalue weighted by molar-refractivity contribution is 7.17. The Morgan fingerprint density at radius 3 is 2.86 bits per heavy atom. The van der Waals surface area contributed by atoms with Gasteiger partial charge in [-0.2, -0.15) is 5.26 Å². The largest absolute Gasteiger partial charge is 0.496 e. The average Bonchev–Trinajstić information content (AvgIpc) is 3.65. The molecule has 0 saturated carbocycles. The molecule has 5 heterocycles. The fourth-order valence-corrected chi connectivity index (χ4v) is 5.27. The molecular weight excluding hydrogens is 464 g/mol. The number of aryl methyl sites for hydroxylation is 1. The van der Waals surface area contributed by atoms with Crippen molar-refractivity contribution in [1.82, 2.24) is 19.4 Å². The van der Waals surface area contributed by atoms with Crippen LogP contribution in [0.1, 0.15) is 23.3 Å². The third-order valence-electron chi connectivity index (χ3n) is 6.17. The van der Waals surface area contributed by atoms with Crippen LogP contribution < -0.4 is 14.4 Å². The highest BCUT2D eigenvalue weighted by Crippen LogP contribution is 2.37. The van der Waals surface area contributed by atoms with Crippen molar-refractivity contribution in [3.63, 3.8) is 0 Å². The fourth-order valence-electron chi connectivity index (χ4n) is 4.46. The average molecular weight is 487 g/mol. The molecular formula is C25H22N6O3S. The maximum absolute atomic E-state index is 9.01. The SMILES string of the molecule is COc1cc(OC[C@@H]2CCCN2c2ncc(C#N)cn2)c2cc(-c3cn4cc(C)sc4n3)oc2c1. The number of furan rings is 1. The smallest absolute Gasteiger partial charge is 0.225 e. The highest BCUT2D eigenvalue weighted by Gasteiger charge is 2.28. The van der Waals surface area contributed by atoms with E-state index >= 15 is 0 Å². The van der Waals surface area contributed by atoms with E-state index in [-0.39, 0.29) is 6.04 Å². The minimum absolute atomic E-state index is 0.124. The van der Waals surface area contributed by atoms with Gasteiger partial charge >= 0.3 is 0 Å². The molecule has 176 valence electrons. The lowest BCUT2D eigenvalue weighted by Gasteiger charge is -2.24. The van der Waals surface area contributed by atoms with E-state index in [9.17, 15) is 0 Å². The van der Waals surface area contributed by atoms with Gasteiger partial charge in [0.05, 0.1) is 36.5 Å². The Labute approximate surface area is 205 Å². The zero-order valence-corrected chi connectivity index (χ0v) is 20.1. The lowest BCUT2D eigenvalue weighted by Crippen LogP contribution is -2.35. The van der Waals surface area contributed by atoms with Gasteiger partial charge in [-0.05, 0) is 25.8 Å². The van der Waals surface area contributed by atoms with Crippen LogP contribution in [-0.4, -0.2) is 45.7 Å². The zero-order chi connectivity index (χ0) is 23.9. The van der Waals surface area contributed by atoms with Gasteiger partial charge in [-0.15, -0.1) is 11.3 Å². The number of anilines is 1. The van der Waals surface area contributed by atoms with Gasteiger partial charge in [0, 0.05) is 35.9 Å². The van der Waals surface area contributed by atoms with Crippen LogP contribution in [0.4, 0.5) is 5.95 Å². The van der Waals surface area contributed by atoms with Gasteiger partial charge in [-0.25, -0.2) is 15.0 Å². The third kappa shape index (κ3) is 3.94. The van der Waals surface area contributed by atoms with Crippen LogP contribution >= 0.6 is 11.3 Å². The summed E-state index contributed by atoms with van der Waals surface area (Å²) in [5.74, 6) is 2.65. The number of methoxy groups -OCH3 is 1. The van der Waals surface area contributed by atoms with Crippen molar-refractivity contribution in [3.8, 4) is 29.0 Å². The molecule has 6 rings (SSSR count). The molecule has 10 heteroatoms. The molecule has 0 unspecified atom stereocenters. The number of aromatic nitrogens is 4. The van der Waals surface area contributed by atoms with E-state index < -0.39 is 0 Å². The third-order valence-corrected chi connectivity index (χ3v) is 7.08. The summed E-state index contributed by atoms with van der Waals surface area (Å²) in [4.78, 5) is 17.7. The van der Waals surface area contributed by atoms with Crippen LogP contribution in [0.3, 0.4) is 0 Å². The molecule has 1 aliphatic heterocycles. The predicted octanol–water partition coefficient (Wildman–Crippen LogP) is 4.84. The van der Waals surface area contributed by atoms with Gasteiger partial charge in [0.25, 0.3) is 0 Å². The molecule has 35 heavy (non-hydrogen) atoms. The molecule has 1 fully saturated rings. The summed E-state index contributed by atoms with van der Waals surface area (Å²) in [6, 6.07) is 7.90. The molecule has 1 aromatic carbocycles. The van der Waals surface area contributed by atoms with Crippen molar-refractivity contribution >= 4 is 33.2 Å². The van der Waals surface area contributed by atoms with E-state index in [0.29, 0.717) is 41.0 Å². The molecule has 0 spiro atoms. The Bertz CT molecular complexity index is 1530. The highest BCUT2D eigenvalue weighted by atomic mass is 32.1. The monoisotopic (exact) mass is 486 g/mol. The topological polar surface area (TPSA) is 102 Å². The zero-order valence-electron chi connectivity index (χ0n) is 19.3. The van der Waals surface area contributed by atoms with Crippen LogP contribution in [0.25, 0.3) is 27.4 Å². The number of benzene rings is 1. The Hall–Kier alpha value is -4.10. The molecule has 9 nitrogen and oxygen atoms in total. The minimum atomic E-state index is 0.124. The van der Waals surface area contributed by atoms with E-state index in [1.165, 1.54) is 4.88 Å². The molecule has 0 aliphatic carbocycles. The number of ether oxygens (including phenoxy) is 2. The lowest BCUT2D eigenvalue weighted by molar-refractivity contribution is 0.289. The summed E-state index contributed by atoms with van der Waals surface area (Å²) >= 11 is 1.64. The van der Waals surface area contributed by atoms with E-state index in [2.05, 4.69) is 34.1 Å². The molecule has 0 bridgehead atoms. The molecule has 0 N–H and O–H groups in total. The van der Waals surface area contributed by atoms with Crippen molar-refractivity contribution in [2.24, 2.45) is 0 Å². The van der Waals surface area contributed by atoms with Crippen molar-refractivity contribution in [2.75, 3.05) is 25.2 Å². The second-order valence-corrected chi connectivity index (χ2v) is 9.70. The maximum atomic E-state index is 9.01. The number of hydrogen-bond acceptors (Lipinski definition) is 9. The van der Waals surface area contributed by atoms with Crippen LogP contribution in [0.2, 0.25) is 0 Å². The summed E-state index contributed by atoms with van der Waals surface area (Å²) in [5, 5.41) is 9.88. The van der Waals surface area contributed by atoms with E-state index in [0.717, 1.165) is 35.4 Å². The van der Waals surface area contributed by atoms with Crippen molar-refractivity contribution < 1.29 is 13.9 Å². The Morgan fingerprint density at radius 1 is 1.23 bits per heavy atom. The Balaban J connectivity index is 1.28. The number of imidazole rings is 1. The quantitative estimate of drug-likeness (QED) is 0.336. The summed E-state index contributed by atoms with van der Waals surface area (Å²) in [5.41, 5.74) is 1.90. The van der Waals surface area contributed by atoms with Gasteiger partial charge in [-0.3, -0.25) is 4.40 Å². The number of thiazole rings is 1. The molecule has 5 aromatic rings. The lowest BCUT2D eigenvalue weighted by atomic mass is 10.2. The standard InChI is InChI=1S/C25H22N6O3S/c1-15-12-30-13-20(29-25(30)35-15)23-8-19-21(6-18(32-2)7-22(19)34-23)33-14-17-4-3-5-31(17)24-27-10-16(9-26)11-28-24/h6-8,10-13,17H,3-5,14H2,1-2H3/t17-/m0/s1. The first-order valence-corrected chi connectivity index (χ1v) is 12.1. The summed E-state index contributed by atoms with van der Waals surface area (Å²) < 4.78 is 20.0. The van der Waals surface area contributed by atoms with Gasteiger partial charge in [0.1, 0.15) is 35.5 Å². The molecule has 1 saturated heterocycles. The van der Waals surface area contributed by atoms with Gasteiger partial charge in [-0.1, -0.05) is 0 Å². The second-order valence-electron chi connectivity index (χ2n) is 8.49. The van der Waals surface area contributed by atoms with Crippen LogP contribution in [-0.2, 0) is 0 Å². The first kappa shape index (κ1) is 21.4. The van der Waals surface area contributed by atoms with Gasteiger partial charge in [0.15, 0.2) is 10.7 Å². The molecule has 0 radical (unpaired) electrons. The van der Waals surface area contributed by atoms with Crippen molar-refractivity contribution in [1.29, 1.82) is 5.26 Å². The van der Waals surface area contributed by atoms with Gasteiger partial charge in [0.2, 0.25) is 5.95 Å². The number of nitrogens with zero attached hydrogens (tertiary/aromatic N) is 6. The van der Waals surface area contributed by atoms with E-state index in [1.807, 2.05) is 28.8 Å². The van der Waals surface area contributed by atoms with Crippen LogP contribution in [0, 0.1) is 18.3 Å². The van der Waals surface area contributed by atoms with Crippen molar-refractivity contribution in [2.45, 2.75) is 25.8 Å². The fraction of sp³-hybridized carbons (Fsp3) is 0.280. The normalized spacial score (nSPS) is 15.7. The van der Waals surface area contributed by atoms with E-state index in [1.54, 1.807) is 30.8 Å². The first-order chi connectivity index (χ1) is 17.1.